The number of carbonyl (C=O) groups is 1. The molecule has 2 heterocycles. The first-order valence-corrected chi connectivity index (χ1v) is 7.44. The minimum atomic E-state index is 0.0509. The summed E-state index contributed by atoms with van der Waals surface area (Å²) in [5, 5.41) is 3.31. The molecule has 2 aliphatic rings. The Bertz CT molecular complexity index is 509. The van der Waals surface area contributed by atoms with Crippen LogP contribution in [0.1, 0.15) is 25.3 Å². The van der Waals surface area contributed by atoms with Gasteiger partial charge in [0.25, 0.3) is 0 Å². The maximum absolute atomic E-state index is 12.8. The van der Waals surface area contributed by atoms with E-state index in [0.29, 0.717) is 6.54 Å². The van der Waals surface area contributed by atoms with Crippen LogP contribution in [0, 0.1) is 12.8 Å². The summed E-state index contributed by atoms with van der Waals surface area (Å²) in [6.07, 6.45) is 1.92. The number of amides is 1. The Morgan fingerprint density at radius 3 is 2.85 bits per heavy atom. The first kappa shape index (κ1) is 13.4. The molecule has 2 aliphatic heterocycles. The quantitative estimate of drug-likeness (QED) is 0.853. The van der Waals surface area contributed by atoms with Crippen LogP contribution < -0.4 is 15.0 Å². The molecule has 0 spiro atoms. The van der Waals surface area contributed by atoms with Crippen molar-refractivity contribution in [2.45, 2.75) is 32.8 Å². The SMILES string of the molecule is Cc1ccc2c(c1)OC(C)CN2C(=O)C1CCNCC1. The van der Waals surface area contributed by atoms with Gasteiger partial charge in [-0.3, -0.25) is 4.79 Å². The van der Waals surface area contributed by atoms with Gasteiger partial charge in [-0.25, -0.2) is 0 Å². The van der Waals surface area contributed by atoms with Gasteiger partial charge in [0, 0.05) is 5.92 Å². The molecule has 1 amide bonds. The second-order valence-corrected chi connectivity index (χ2v) is 5.87. The summed E-state index contributed by atoms with van der Waals surface area (Å²) >= 11 is 0. The van der Waals surface area contributed by atoms with E-state index in [1.54, 1.807) is 0 Å². The van der Waals surface area contributed by atoms with E-state index < -0.39 is 0 Å². The molecular formula is C16H22N2O2. The van der Waals surface area contributed by atoms with E-state index in [-0.39, 0.29) is 17.9 Å². The lowest BCUT2D eigenvalue weighted by Gasteiger charge is -2.36. The summed E-state index contributed by atoms with van der Waals surface area (Å²) in [6, 6.07) is 6.07. The van der Waals surface area contributed by atoms with Crippen molar-refractivity contribution in [3.8, 4) is 5.75 Å². The molecule has 4 nitrogen and oxygen atoms in total. The molecule has 3 rings (SSSR count). The highest BCUT2D eigenvalue weighted by atomic mass is 16.5. The van der Waals surface area contributed by atoms with E-state index in [9.17, 15) is 4.79 Å². The maximum atomic E-state index is 12.8. The third kappa shape index (κ3) is 2.52. The zero-order valence-electron chi connectivity index (χ0n) is 12.2. The number of nitrogens with zero attached hydrogens (tertiary/aromatic N) is 1. The lowest BCUT2D eigenvalue weighted by molar-refractivity contribution is -0.123. The van der Waals surface area contributed by atoms with Crippen LogP contribution in [-0.4, -0.2) is 31.6 Å². The Morgan fingerprint density at radius 2 is 2.10 bits per heavy atom. The van der Waals surface area contributed by atoms with Gasteiger partial charge in [-0.15, -0.1) is 0 Å². The average Bonchev–Trinajstić information content (AvgIpc) is 2.46. The molecule has 0 bridgehead atoms. The lowest BCUT2D eigenvalue weighted by Crippen LogP contribution is -2.47. The summed E-state index contributed by atoms with van der Waals surface area (Å²) in [5.74, 6) is 1.24. The summed E-state index contributed by atoms with van der Waals surface area (Å²) in [5.41, 5.74) is 2.09. The fraction of sp³-hybridized carbons (Fsp3) is 0.562. The highest BCUT2D eigenvalue weighted by molar-refractivity contribution is 5.97. The Labute approximate surface area is 120 Å². The standard InChI is InChI=1S/C16H22N2O2/c1-11-3-4-14-15(9-11)20-12(2)10-18(14)16(19)13-5-7-17-8-6-13/h3-4,9,12-13,17H,5-8,10H2,1-2H3. The van der Waals surface area contributed by atoms with Crippen LogP contribution in [0.2, 0.25) is 0 Å². The number of benzene rings is 1. The maximum Gasteiger partial charge on any atom is 0.230 e. The van der Waals surface area contributed by atoms with Gasteiger partial charge in [-0.2, -0.15) is 0 Å². The van der Waals surface area contributed by atoms with E-state index in [1.807, 2.05) is 36.9 Å². The lowest BCUT2D eigenvalue weighted by atomic mass is 9.95. The third-order valence-corrected chi connectivity index (χ3v) is 4.13. The predicted molar refractivity (Wildman–Crippen MR) is 79.2 cm³/mol. The zero-order chi connectivity index (χ0) is 14.1. The Hall–Kier alpha value is -1.55. The Morgan fingerprint density at radius 1 is 1.35 bits per heavy atom. The fourth-order valence-corrected chi connectivity index (χ4v) is 3.05. The van der Waals surface area contributed by atoms with Crippen LogP contribution >= 0.6 is 0 Å². The van der Waals surface area contributed by atoms with Crippen LogP contribution in [0.4, 0.5) is 5.69 Å². The molecule has 20 heavy (non-hydrogen) atoms. The topological polar surface area (TPSA) is 41.6 Å². The zero-order valence-corrected chi connectivity index (χ0v) is 12.2. The number of hydrogen-bond donors (Lipinski definition) is 1. The highest BCUT2D eigenvalue weighted by Crippen LogP contribution is 2.35. The van der Waals surface area contributed by atoms with Crippen LogP contribution in [0.25, 0.3) is 0 Å². The predicted octanol–water partition coefficient (Wildman–Crippen LogP) is 2.11. The van der Waals surface area contributed by atoms with Crippen LogP contribution in [0.5, 0.6) is 5.75 Å². The van der Waals surface area contributed by atoms with Crippen molar-refractivity contribution in [1.29, 1.82) is 0 Å². The molecule has 0 radical (unpaired) electrons. The average molecular weight is 274 g/mol. The van der Waals surface area contributed by atoms with Crippen molar-refractivity contribution in [3.63, 3.8) is 0 Å². The minimum absolute atomic E-state index is 0.0509. The molecular weight excluding hydrogens is 252 g/mol. The van der Waals surface area contributed by atoms with E-state index in [0.717, 1.165) is 42.9 Å². The molecule has 108 valence electrons. The summed E-state index contributed by atoms with van der Waals surface area (Å²) in [4.78, 5) is 14.7. The van der Waals surface area contributed by atoms with Crippen molar-refractivity contribution in [2.75, 3.05) is 24.5 Å². The van der Waals surface area contributed by atoms with Gasteiger partial charge in [0.1, 0.15) is 11.9 Å². The van der Waals surface area contributed by atoms with Gasteiger partial charge in [0.2, 0.25) is 5.91 Å². The number of carbonyl (C=O) groups excluding carboxylic acids is 1. The highest BCUT2D eigenvalue weighted by Gasteiger charge is 2.32. The second-order valence-electron chi connectivity index (χ2n) is 5.87. The summed E-state index contributed by atoms with van der Waals surface area (Å²) in [6.45, 7) is 6.60. The molecule has 1 atom stereocenters. The molecule has 1 saturated heterocycles. The molecule has 0 saturated carbocycles. The van der Waals surface area contributed by atoms with Crippen LogP contribution in [0.15, 0.2) is 18.2 Å². The smallest absolute Gasteiger partial charge is 0.230 e. The number of anilines is 1. The summed E-state index contributed by atoms with van der Waals surface area (Å²) < 4.78 is 5.87. The fourth-order valence-electron chi connectivity index (χ4n) is 3.05. The second kappa shape index (κ2) is 5.44. The summed E-state index contributed by atoms with van der Waals surface area (Å²) in [7, 11) is 0. The van der Waals surface area contributed by atoms with E-state index >= 15 is 0 Å². The number of nitrogens with one attached hydrogen (secondary N) is 1. The van der Waals surface area contributed by atoms with E-state index in [1.165, 1.54) is 0 Å². The Balaban J connectivity index is 1.88. The van der Waals surface area contributed by atoms with Crippen molar-refractivity contribution in [3.05, 3.63) is 23.8 Å². The third-order valence-electron chi connectivity index (χ3n) is 4.13. The number of piperidine rings is 1. The number of ether oxygens (including phenoxy) is 1. The molecule has 1 N–H and O–H groups in total. The molecule has 1 fully saturated rings. The van der Waals surface area contributed by atoms with Gasteiger partial charge in [-0.1, -0.05) is 6.07 Å². The van der Waals surface area contributed by atoms with Crippen LogP contribution in [0.3, 0.4) is 0 Å². The normalized spacial score (nSPS) is 23.1. The molecule has 1 aromatic rings. The molecule has 4 heteroatoms. The van der Waals surface area contributed by atoms with Gasteiger partial charge in [0.15, 0.2) is 0 Å². The van der Waals surface area contributed by atoms with Crippen LogP contribution in [-0.2, 0) is 4.79 Å². The van der Waals surface area contributed by atoms with Gasteiger partial charge in [0.05, 0.1) is 12.2 Å². The van der Waals surface area contributed by atoms with Gasteiger partial charge >= 0.3 is 0 Å². The number of aryl methyl sites for hydroxylation is 1. The largest absolute Gasteiger partial charge is 0.487 e. The number of hydrogen-bond acceptors (Lipinski definition) is 3. The van der Waals surface area contributed by atoms with Gasteiger partial charge in [-0.05, 0) is 57.5 Å². The first-order chi connectivity index (χ1) is 9.65. The molecule has 1 unspecified atom stereocenters. The number of rotatable bonds is 1. The molecule has 0 aliphatic carbocycles. The van der Waals surface area contributed by atoms with Crippen molar-refractivity contribution < 1.29 is 9.53 Å². The number of fused-ring (bicyclic) bond motifs is 1. The molecule has 0 aromatic heterocycles. The van der Waals surface area contributed by atoms with Crippen molar-refractivity contribution in [2.24, 2.45) is 5.92 Å². The van der Waals surface area contributed by atoms with Gasteiger partial charge < -0.3 is 15.0 Å². The van der Waals surface area contributed by atoms with Crippen molar-refractivity contribution in [1.82, 2.24) is 5.32 Å². The van der Waals surface area contributed by atoms with Crippen molar-refractivity contribution >= 4 is 11.6 Å². The molecule has 1 aromatic carbocycles. The Kier molecular flexibility index (Phi) is 3.66. The monoisotopic (exact) mass is 274 g/mol. The van der Waals surface area contributed by atoms with E-state index in [4.69, 9.17) is 4.74 Å². The minimum Gasteiger partial charge on any atom is -0.487 e. The first-order valence-electron chi connectivity index (χ1n) is 7.44. The van der Waals surface area contributed by atoms with E-state index in [2.05, 4.69) is 5.32 Å².